The average molecular weight is 354 g/mol. The number of anilines is 1. The van der Waals surface area contributed by atoms with Crippen LogP contribution in [0.1, 0.15) is 5.56 Å². The molecule has 3 rings (SSSR count). The van der Waals surface area contributed by atoms with Gasteiger partial charge in [0.25, 0.3) is 5.91 Å². The van der Waals surface area contributed by atoms with Gasteiger partial charge < -0.3 is 9.64 Å². The fourth-order valence-electron chi connectivity index (χ4n) is 2.18. The van der Waals surface area contributed by atoms with Gasteiger partial charge in [-0.25, -0.2) is 8.78 Å². The highest BCUT2D eigenvalue weighted by molar-refractivity contribution is 9.10. The highest BCUT2D eigenvalue weighted by atomic mass is 79.9. The average Bonchev–Trinajstić information content (AvgIpc) is 2.61. The number of ether oxygens (including phenoxy) is 1. The molecule has 0 aliphatic carbocycles. The lowest BCUT2D eigenvalue weighted by Crippen LogP contribution is -2.32. The quantitative estimate of drug-likeness (QED) is 0.783. The SMILES string of the molecule is O=C1COc2ccc(Br)cc2CN1c1ccc(F)c(F)c1. The molecular formula is C15H10BrF2NO2. The topological polar surface area (TPSA) is 29.5 Å². The molecule has 0 saturated heterocycles. The van der Waals surface area contributed by atoms with E-state index >= 15 is 0 Å². The summed E-state index contributed by atoms with van der Waals surface area (Å²) in [5.41, 5.74) is 1.09. The molecule has 0 spiro atoms. The first kappa shape index (κ1) is 14.0. The number of rotatable bonds is 1. The molecule has 1 heterocycles. The molecule has 1 aliphatic rings. The second kappa shape index (κ2) is 5.44. The summed E-state index contributed by atoms with van der Waals surface area (Å²) in [7, 11) is 0. The van der Waals surface area contributed by atoms with E-state index in [2.05, 4.69) is 15.9 Å². The number of benzene rings is 2. The number of halogens is 3. The zero-order valence-electron chi connectivity index (χ0n) is 10.8. The van der Waals surface area contributed by atoms with Crippen LogP contribution in [0.4, 0.5) is 14.5 Å². The highest BCUT2D eigenvalue weighted by Crippen LogP contribution is 2.29. The molecule has 0 aromatic heterocycles. The van der Waals surface area contributed by atoms with Crippen molar-refractivity contribution in [3.63, 3.8) is 0 Å². The maximum Gasteiger partial charge on any atom is 0.265 e. The Morgan fingerprint density at radius 3 is 2.67 bits per heavy atom. The van der Waals surface area contributed by atoms with Gasteiger partial charge in [0, 0.05) is 21.8 Å². The van der Waals surface area contributed by atoms with Crippen molar-refractivity contribution in [1.82, 2.24) is 0 Å². The fourth-order valence-corrected chi connectivity index (χ4v) is 2.59. The molecule has 6 heteroatoms. The first-order valence-electron chi connectivity index (χ1n) is 6.21. The standard InChI is InChI=1S/C15H10BrF2NO2/c16-10-1-4-14-9(5-10)7-19(15(20)8-21-14)11-2-3-12(17)13(18)6-11/h1-6H,7-8H2. The Morgan fingerprint density at radius 2 is 1.90 bits per heavy atom. The summed E-state index contributed by atoms with van der Waals surface area (Å²) in [5, 5.41) is 0. The zero-order valence-corrected chi connectivity index (χ0v) is 12.4. The summed E-state index contributed by atoms with van der Waals surface area (Å²) in [6.07, 6.45) is 0. The van der Waals surface area contributed by atoms with Crippen LogP contribution in [0.5, 0.6) is 5.75 Å². The minimum absolute atomic E-state index is 0.145. The molecule has 2 aromatic rings. The van der Waals surface area contributed by atoms with Gasteiger partial charge in [-0.3, -0.25) is 4.79 Å². The van der Waals surface area contributed by atoms with E-state index in [0.29, 0.717) is 11.4 Å². The van der Waals surface area contributed by atoms with E-state index in [1.807, 2.05) is 12.1 Å². The van der Waals surface area contributed by atoms with Crippen LogP contribution < -0.4 is 9.64 Å². The van der Waals surface area contributed by atoms with Gasteiger partial charge in [0.15, 0.2) is 18.2 Å². The number of hydrogen-bond acceptors (Lipinski definition) is 2. The largest absolute Gasteiger partial charge is 0.483 e. The van der Waals surface area contributed by atoms with Gasteiger partial charge in [-0.2, -0.15) is 0 Å². The lowest BCUT2D eigenvalue weighted by atomic mass is 10.1. The van der Waals surface area contributed by atoms with E-state index in [1.165, 1.54) is 11.0 Å². The third kappa shape index (κ3) is 2.76. The number of carbonyl (C=O) groups excluding carboxylic acids is 1. The fraction of sp³-hybridized carbons (Fsp3) is 0.133. The van der Waals surface area contributed by atoms with Crippen molar-refractivity contribution >= 4 is 27.5 Å². The van der Waals surface area contributed by atoms with Crippen molar-refractivity contribution in [1.29, 1.82) is 0 Å². The number of nitrogens with zero attached hydrogens (tertiary/aromatic N) is 1. The lowest BCUT2D eigenvalue weighted by molar-refractivity contribution is -0.120. The molecule has 0 bridgehead atoms. The number of amides is 1. The van der Waals surface area contributed by atoms with E-state index in [9.17, 15) is 13.6 Å². The lowest BCUT2D eigenvalue weighted by Gasteiger charge is -2.20. The maximum atomic E-state index is 13.4. The van der Waals surface area contributed by atoms with Crippen LogP contribution in [-0.4, -0.2) is 12.5 Å². The highest BCUT2D eigenvalue weighted by Gasteiger charge is 2.23. The Kier molecular flexibility index (Phi) is 3.63. The van der Waals surface area contributed by atoms with E-state index in [4.69, 9.17) is 4.74 Å². The minimum atomic E-state index is -0.986. The van der Waals surface area contributed by atoms with Crippen LogP contribution in [0.2, 0.25) is 0 Å². The summed E-state index contributed by atoms with van der Waals surface area (Å²) in [6.45, 7) is 0.0896. The molecule has 3 nitrogen and oxygen atoms in total. The van der Waals surface area contributed by atoms with Crippen LogP contribution in [0, 0.1) is 11.6 Å². The van der Waals surface area contributed by atoms with Gasteiger partial charge in [0.05, 0.1) is 6.54 Å². The zero-order chi connectivity index (χ0) is 15.0. The van der Waals surface area contributed by atoms with Gasteiger partial charge in [0.1, 0.15) is 5.75 Å². The third-order valence-corrected chi connectivity index (χ3v) is 3.71. The summed E-state index contributed by atoms with van der Waals surface area (Å²) in [4.78, 5) is 13.5. The third-order valence-electron chi connectivity index (χ3n) is 3.22. The summed E-state index contributed by atoms with van der Waals surface area (Å²) in [5.74, 6) is -1.63. The van der Waals surface area contributed by atoms with Crippen LogP contribution in [-0.2, 0) is 11.3 Å². The molecule has 1 aliphatic heterocycles. The molecule has 108 valence electrons. The minimum Gasteiger partial charge on any atom is -0.483 e. The predicted octanol–water partition coefficient (Wildman–Crippen LogP) is 3.65. The molecule has 0 radical (unpaired) electrons. The molecule has 0 unspecified atom stereocenters. The van der Waals surface area contributed by atoms with Gasteiger partial charge in [0.2, 0.25) is 0 Å². The second-order valence-electron chi connectivity index (χ2n) is 4.62. The molecular weight excluding hydrogens is 344 g/mol. The van der Waals surface area contributed by atoms with Crippen molar-refractivity contribution in [2.45, 2.75) is 6.54 Å². The van der Waals surface area contributed by atoms with Gasteiger partial charge in [-0.15, -0.1) is 0 Å². The molecule has 0 fully saturated rings. The first-order valence-corrected chi connectivity index (χ1v) is 7.00. The Labute approximate surface area is 128 Å². The Morgan fingerprint density at radius 1 is 1.10 bits per heavy atom. The molecule has 0 saturated carbocycles. The van der Waals surface area contributed by atoms with E-state index in [0.717, 1.165) is 22.2 Å². The number of fused-ring (bicyclic) bond motifs is 1. The Balaban J connectivity index is 2.01. The van der Waals surface area contributed by atoms with Gasteiger partial charge in [-0.05, 0) is 30.3 Å². The summed E-state index contributed by atoms with van der Waals surface area (Å²) >= 11 is 3.36. The Hall–Kier alpha value is -1.95. The molecule has 1 amide bonds. The molecule has 21 heavy (non-hydrogen) atoms. The van der Waals surface area contributed by atoms with Crippen molar-refractivity contribution in [2.75, 3.05) is 11.5 Å². The summed E-state index contributed by atoms with van der Waals surface area (Å²) in [6, 6.07) is 8.81. The number of hydrogen-bond donors (Lipinski definition) is 0. The first-order chi connectivity index (χ1) is 10.0. The molecule has 0 atom stereocenters. The van der Waals surface area contributed by atoms with Crippen molar-refractivity contribution in [2.24, 2.45) is 0 Å². The Bertz CT molecular complexity index is 721. The molecule has 0 N–H and O–H groups in total. The maximum absolute atomic E-state index is 13.4. The van der Waals surface area contributed by atoms with Crippen molar-refractivity contribution < 1.29 is 18.3 Å². The monoisotopic (exact) mass is 353 g/mol. The normalized spacial score (nSPS) is 14.4. The van der Waals surface area contributed by atoms with Crippen molar-refractivity contribution in [3.8, 4) is 5.75 Å². The van der Waals surface area contributed by atoms with E-state index in [-0.39, 0.29) is 19.1 Å². The van der Waals surface area contributed by atoms with Crippen LogP contribution in [0.3, 0.4) is 0 Å². The second-order valence-corrected chi connectivity index (χ2v) is 5.53. The van der Waals surface area contributed by atoms with Crippen LogP contribution in [0.25, 0.3) is 0 Å². The van der Waals surface area contributed by atoms with Gasteiger partial charge in [-0.1, -0.05) is 15.9 Å². The number of carbonyl (C=O) groups is 1. The summed E-state index contributed by atoms with van der Waals surface area (Å²) < 4.78 is 32.7. The smallest absolute Gasteiger partial charge is 0.265 e. The van der Waals surface area contributed by atoms with Gasteiger partial charge >= 0.3 is 0 Å². The van der Waals surface area contributed by atoms with Crippen molar-refractivity contribution in [3.05, 3.63) is 58.1 Å². The van der Waals surface area contributed by atoms with E-state index in [1.54, 1.807) is 6.07 Å². The predicted molar refractivity (Wildman–Crippen MR) is 77.2 cm³/mol. The van der Waals surface area contributed by atoms with Crippen LogP contribution in [0.15, 0.2) is 40.9 Å². The van der Waals surface area contributed by atoms with Crippen LogP contribution >= 0.6 is 15.9 Å². The van der Waals surface area contributed by atoms with E-state index < -0.39 is 11.6 Å². The molecule has 2 aromatic carbocycles.